The fourth-order valence-electron chi connectivity index (χ4n) is 5.63. The third-order valence-electron chi connectivity index (χ3n) is 7.09. The van der Waals surface area contributed by atoms with Crippen LogP contribution in [0.15, 0.2) is 66.7 Å². The number of rotatable bonds is 3. The lowest BCUT2D eigenvalue weighted by molar-refractivity contribution is -0.126. The minimum Gasteiger partial charge on any atom is -0.454 e. The molecule has 0 radical (unpaired) electrons. The summed E-state index contributed by atoms with van der Waals surface area (Å²) < 4.78 is 10.9. The Kier molecular flexibility index (Phi) is 4.50. The zero-order valence-electron chi connectivity index (χ0n) is 17.9. The van der Waals surface area contributed by atoms with Gasteiger partial charge in [-0.05, 0) is 49.0 Å². The molecule has 166 valence electrons. The number of ether oxygens (including phenoxy) is 2. The Bertz CT molecular complexity index is 1290. The summed E-state index contributed by atoms with van der Waals surface area (Å²) in [5.41, 5.74) is 1.92. The molecule has 33 heavy (non-hydrogen) atoms. The Balaban J connectivity index is 1.54. The molecule has 0 saturated carbocycles. The molecule has 3 aliphatic rings. The number of fused-ring (bicyclic) bond motifs is 3. The molecule has 1 amide bonds. The lowest BCUT2D eigenvalue weighted by atomic mass is 9.70. The first-order valence-electron chi connectivity index (χ1n) is 10.8. The van der Waals surface area contributed by atoms with E-state index in [1.54, 1.807) is 18.2 Å². The minimum atomic E-state index is -1.12. The van der Waals surface area contributed by atoms with Crippen LogP contribution < -0.4 is 14.8 Å². The zero-order valence-corrected chi connectivity index (χ0v) is 18.6. The van der Waals surface area contributed by atoms with Crippen LogP contribution in [0.4, 0.5) is 5.69 Å². The van der Waals surface area contributed by atoms with Crippen molar-refractivity contribution in [1.29, 1.82) is 0 Å². The van der Waals surface area contributed by atoms with Crippen molar-refractivity contribution >= 4 is 29.0 Å². The largest absolute Gasteiger partial charge is 0.454 e. The standard InChI is InChI=1S/C26H21ClN2O4/c1-29-13-18(15-6-9-17(27)10-7-15)23(24(30)16-8-11-21-22(12-16)33-14-32-21)26(29)19-4-2-3-5-20(19)28-25(26)31/h2-12,18,23H,13-14H2,1H3,(H,28,31)/t18-,23+,26-/m1/s1. The maximum atomic E-state index is 14.2. The number of hydrogen-bond donors (Lipinski definition) is 1. The van der Waals surface area contributed by atoms with E-state index < -0.39 is 11.5 Å². The van der Waals surface area contributed by atoms with Gasteiger partial charge in [0.25, 0.3) is 0 Å². The predicted molar refractivity (Wildman–Crippen MR) is 124 cm³/mol. The van der Waals surface area contributed by atoms with Gasteiger partial charge in [-0.3, -0.25) is 14.5 Å². The molecule has 3 heterocycles. The molecule has 3 aromatic rings. The third kappa shape index (κ3) is 2.84. The molecule has 0 aliphatic carbocycles. The zero-order chi connectivity index (χ0) is 22.7. The van der Waals surface area contributed by atoms with Crippen LogP contribution in [0, 0.1) is 5.92 Å². The van der Waals surface area contributed by atoms with Crippen LogP contribution >= 0.6 is 11.6 Å². The highest BCUT2D eigenvalue weighted by Gasteiger charge is 2.64. The molecule has 7 heteroatoms. The summed E-state index contributed by atoms with van der Waals surface area (Å²) in [4.78, 5) is 29.9. The maximum absolute atomic E-state index is 14.2. The van der Waals surface area contributed by atoms with E-state index in [2.05, 4.69) is 5.32 Å². The number of halogens is 1. The second kappa shape index (κ2) is 7.33. The van der Waals surface area contributed by atoms with Gasteiger partial charge in [0.15, 0.2) is 17.3 Å². The molecule has 3 atom stereocenters. The van der Waals surface area contributed by atoms with Crippen LogP contribution in [0.3, 0.4) is 0 Å². The summed E-state index contributed by atoms with van der Waals surface area (Å²) >= 11 is 6.14. The molecule has 0 aromatic heterocycles. The Morgan fingerprint density at radius 3 is 2.64 bits per heavy atom. The summed E-state index contributed by atoms with van der Waals surface area (Å²) in [6.07, 6.45) is 0. The number of para-hydroxylation sites is 1. The molecule has 0 unspecified atom stereocenters. The second-order valence-corrected chi connectivity index (χ2v) is 9.15. The number of carbonyl (C=O) groups is 2. The van der Waals surface area contributed by atoms with Gasteiger partial charge < -0.3 is 14.8 Å². The number of benzene rings is 3. The van der Waals surface area contributed by atoms with Gasteiger partial charge in [-0.15, -0.1) is 0 Å². The van der Waals surface area contributed by atoms with Gasteiger partial charge in [0, 0.05) is 34.3 Å². The average molecular weight is 461 g/mol. The summed E-state index contributed by atoms with van der Waals surface area (Å²) in [6.45, 7) is 0.677. The predicted octanol–water partition coefficient (Wildman–Crippen LogP) is 4.44. The van der Waals surface area contributed by atoms with Crippen molar-refractivity contribution in [2.75, 3.05) is 25.7 Å². The normalized spacial score (nSPS) is 25.3. The molecule has 3 aromatic carbocycles. The van der Waals surface area contributed by atoms with Crippen LogP contribution in [0.25, 0.3) is 0 Å². The van der Waals surface area contributed by atoms with Gasteiger partial charge in [0.1, 0.15) is 5.54 Å². The topological polar surface area (TPSA) is 67.9 Å². The summed E-state index contributed by atoms with van der Waals surface area (Å²) in [7, 11) is 1.91. The van der Waals surface area contributed by atoms with Crippen molar-refractivity contribution < 1.29 is 19.1 Å². The Labute approximate surface area is 196 Å². The van der Waals surface area contributed by atoms with Gasteiger partial charge >= 0.3 is 0 Å². The first-order valence-corrected chi connectivity index (χ1v) is 11.2. The van der Waals surface area contributed by atoms with Crippen molar-refractivity contribution in [1.82, 2.24) is 4.90 Å². The van der Waals surface area contributed by atoms with Crippen LogP contribution in [0.2, 0.25) is 5.02 Å². The van der Waals surface area contributed by atoms with E-state index >= 15 is 0 Å². The van der Waals surface area contributed by atoms with E-state index in [1.807, 2.05) is 60.5 Å². The quantitative estimate of drug-likeness (QED) is 0.585. The van der Waals surface area contributed by atoms with E-state index in [1.165, 1.54) is 0 Å². The van der Waals surface area contributed by atoms with Crippen molar-refractivity contribution in [2.24, 2.45) is 5.92 Å². The minimum absolute atomic E-state index is 0.107. The number of ketones is 1. The van der Waals surface area contributed by atoms with Crippen LogP contribution in [-0.4, -0.2) is 37.0 Å². The molecule has 1 fully saturated rings. The van der Waals surface area contributed by atoms with E-state index in [0.29, 0.717) is 28.6 Å². The number of hydrogen-bond acceptors (Lipinski definition) is 5. The number of likely N-dealkylation sites (N-methyl/N-ethyl adjacent to an activating group) is 1. The summed E-state index contributed by atoms with van der Waals surface area (Å²) in [5.74, 6) is 0.0181. The van der Waals surface area contributed by atoms with Crippen LogP contribution in [-0.2, 0) is 10.3 Å². The first-order chi connectivity index (χ1) is 16.0. The van der Waals surface area contributed by atoms with Crippen molar-refractivity contribution in [2.45, 2.75) is 11.5 Å². The van der Waals surface area contributed by atoms with Crippen molar-refractivity contribution in [3.63, 3.8) is 0 Å². The molecular formula is C26H21ClN2O4. The molecule has 6 rings (SSSR count). The van der Waals surface area contributed by atoms with E-state index in [9.17, 15) is 9.59 Å². The second-order valence-electron chi connectivity index (χ2n) is 8.71. The lowest BCUT2D eigenvalue weighted by Gasteiger charge is -2.35. The molecular weight excluding hydrogens is 440 g/mol. The number of anilines is 1. The molecule has 0 bridgehead atoms. The fraction of sp³-hybridized carbons (Fsp3) is 0.231. The van der Waals surface area contributed by atoms with E-state index in [0.717, 1.165) is 16.8 Å². The van der Waals surface area contributed by atoms with Crippen LogP contribution in [0.1, 0.15) is 27.4 Å². The molecule has 1 N–H and O–H groups in total. The van der Waals surface area contributed by atoms with Gasteiger partial charge in [-0.1, -0.05) is 41.9 Å². The van der Waals surface area contributed by atoms with Crippen molar-refractivity contribution in [3.8, 4) is 11.5 Å². The smallest absolute Gasteiger partial charge is 0.250 e. The highest BCUT2D eigenvalue weighted by atomic mass is 35.5. The Morgan fingerprint density at radius 2 is 1.82 bits per heavy atom. The SMILES string of the molecule is CN1C[C@H](c2ccc(Cl)cc2)[C@@H](C(=O)c2ccc3c(c2)OCO3)[C@]12C(=O)Nc1ccccc12. The first kappa shape index (κ1) is 20.3. The Hall–Kier alpha value is -3.35. The van der Waals surface area contributed by atoms with Gasteiger partial charge in [0.05, 0.1) is 5.92 Å². The number of nitrogens with zero attached hydrogens (tertiary/aromatic N) is 1. The number of likely N-dealkylation sites (tertiary alicyclic amines) is 1. The summed E-state index contributed by atoms with van der Waals surface area (Å²) in [5, 5.41) is 3.65. The van der Waals surface area contributed by atoms with Crippen LogP contribution in [0.5, 0.6) is 11.5 Å². The number of carbonyl (C=O) groups excluding carboxylic acids is 2. The number of Topliss-reactive ketones (excluding diaryl/α,β-unsaturated/α-hetero) is 1. The highest BCUT2D eigenvalue weighted by Crippen LogP contribution is 2.55. The lowest BCUT2D eigenvalue weighted by Crippen LogP contribution is -2.51. The van der Waals surface area contributed by atoms with E-state index in [-0.39, 0.29) is 24.4 Å². The van der Waals surface area contributed by atoms with Crippen molar-refractivity contribution in [3.05, 3.63) is 88.4 Å². The Morgan fingerprint density at radius 1 is 1.06 bits per heavy atom. The molecule has 1 saturated heterocycles. The average Bonchev–Trinajstić information content (AvgIpc) is 3.49. The monoisotopic (exact) mass is 460 g/mol. The number of amides is 1. The van der Waals surface area contributed by atoms with E-state index in [4.69, 9.17) is 21.1 Å². The third-order valence-corrected chi connectivity index (χ3v) is 7.35. The fourth-order valence-corrected chi connectivity index (χ4v) is 5.76. The number of nitrogens with one attached hydrogen (secondary N) is 1. The molecule has 3 aliphatic heterocycles. The van der Waals surface area contributed by atoms with Gasteiger partial charge in [0.2, 0.25) is 12.7 Å². The van der Waals surface area contributed by atoms with Gasteiger partial charge in [-0.2, -0.15) is 0 Å². The summed E-state index contributed by atoms with van der Waals surface area (Å²) in [6, 6.07) is 20.4. The molecule has 1 spiro atoms. The van der Waals surface area contributed by atoms with Gasteiger partial charge in [-0.25, -0.2) is 0 Å². The molecule has 6 nitrogen and oxygen atoms in total. The highest BCUT2D eigenvalue weighted by molar-refractivity contribution is 6.30. The maximum Gasteiger partial charge on any atom is 0.250 e.